The Labute approximate surface area is 80.6 Å². The molecule has 2 heteroatoms. The monoisotopic (exact) mass is 184 g/mol. The van der Waals surface area contributed by atoms with E-state index in [0.717, 1.165) is 19.6 Å². The van der Waals surface area contributed by atoms with E-state index >= 15 is 0 Å². The van der Waals surface area contributed by atoms with Crippen molar-refractivity contribution in [3.8, 4) is 0 Å². The second-order valence-electron chi connectivity index (χ2n) is 4.45. The van der Waals surface area contributed by atoms with Crippen LogP contribution >= 0.6 is 0 Å². The van der Waals surface area contributed by atoms with Crippen LogP contribution < -0.4 is 0 Å². The first-order chi connectivity index (χ1) is 6.18. The van der Waals surface area contributed by atoms with Crippen LogP contribution in [0.1, 0.15) is 40.0 Å². The largest absolute Gasteiger partial charge is 0.372 e. The van der Waals surface area contributed by atoms with Crippen LogP contribution in [0.3, 0.4) is 0 Å². The Bertz CT molecular complexity index is 204. The van der Waals surface area contributed by atoms with Gasteiger partial charge in [-0.2, -0.15) is 0 Å². The Morgan fingerprint density at radius 1 is 1.46 bits per heavy atom. The first kappa shape index (κ1) is 9.47. The average Bonchev–Trinajstić information content (AvgIpc) is 2.28. The van der Waals surface area contributed by atoms with Crippen molar-refractivity contribution in [3.05, 3.63) is 0 Å². The number of hydrogen-bond donors (Lipinski definition) is 0. The molecule has 0 amide bonds. The highest BCUT2D eigenvalue weighted by Gasteiger charge is 2.64. The molecular formula is C11H20O2. The summed E-state index contributed by atoms with van der Waals surface area (Å²) in [6, 6.07) is 0. The van der Waals surface area contributed by atoms with Gasteiger partial charge in [0.15, 0.2) is 0 Å². The lowest BCUT2D eigenvalue weighted by atomic mass is 9.62. The summed E-state index contributed by atoms with van der Waals surface area (Å²) in [5.74, 6) is 0.664. The first-order valence-electron chi connectivity index (χ1n) is 5.46. The van der Waals surface area contributed by atoms with E-state index in [1.165, 1.54) is 12.8 Å². The van der Waals surface area contributed by atoms with Gasteiger partial charge in [0, 0.05) is 12.5 Å². The van der Waals surface area contributed by atoms with Crippen molar-refractivity contribution in [2.45, 2.75) is 51.2 Å². The molecule has 2 nitrogen and oxygen atoms in total. The summed E-state index contributed by atoms with van der Waals surface area (Å²) in [6.45, 7) is 8.21. The van der Waals surface area contributed by atoms with E-state index in [-0.39, 0.29) is 11.2 Å². The first-order valence-corrected chi connectivity index (χ1v) is 5.46. The second kappa shape index (κ2) is 2.96. The lowest BCUT2D eigenvalue weighted by Gasteiger charge is -2.51. The number of rotatable bonds is 3. The van der Waals surface area contributed by atoms with Crippen molar-refractivity contribution in [1.82, 2.24) is 0 Å². The summed E-state index contributed by atoms with van der Waals surface area (Å²) < 4.78 is 11.9. The molecule has 0 spiro atoms. The Balaban J connectivity index is 2.21. The van der Waals surface area contributed by atoms with Crippen LogP contribution in [0.4, 0.5) is 0 Å². The highest BCUT2D eigenvalue weighted by Crippen LogP contribution is 2.56. The molecule has 1 heterocycles. The molecule has 76 valence electrons. The summed E-state index contributed by atoms with van der Waals surface area (Å²) in [6.07, 6.45) is 3.54. The fourth-order valence-corrected chi connectivity index (χ4v) is 2.93. The molecule has 0 unspecified atom stereocenters. The summed E-state index contributed by atoms with van der Waals surface area (Å²) in [4.78, 5) is 0. The van der Waals surface area contributed by atoms with E-state index in [4.69, 9.17) is 9.47 Å². The van der Waals surface area contributed by atoms with Gasteiger partial charge in [-0.15, -0.1) is 0 Å². The van der Waals surface area contributed by atoms with Gasteiger partial charge in [0.1, 0.15) is 5.60 Å². The van der Waals surface area contributed by atoms with Crippen molar-refractivity contribution in [2.24, 2.45) is 5.92 Å². The average molecular weight is 184 g/mol. The van der Waals surface area contributed by atoms with Gasteiger partial charge < -0.3 is 9.47 Å². The van der Waals surface area contributed by atoms with Crippen molar-refractivity contribution in [1.29, 1.82) is 0 Å². The van der Waals surface area contributed by atoms with E-state index in [1.54, 1.807) is 0 Å². The minimum Gasteiger partial charge on any atom is -0.372 e. The normalized spacial score (nSPS) is 48.7. The molecule has 1 aliphatic heterocycles. The molecule has 13 heavy (non-hydrogen) atoms. The maximum atomic E-state index is 5.97. The SMILES string of the molecule is CCO[C@@]12CC[C@@H]1CO[C@]2(C)CC. The number of hydrogen-bond acceptors (Lipinski definition) is 2. The summed E-state index contributed by atoms with van der Waals surface area (Å²) in [5, 5.41) is 0. The lowest BCUT2D eigenvalue weighted by molar-refractivity contribution is -0.190. The second-order valence-corrected chi connectivity index (χ2v) is 4.45. The Morgan fingerprint density at radius 2 is 2.23 bits per heavy atom. The molecule has 0 aromatic rings. The van der Waals surface area contributed by atoms with Crippen molar-refractivity contribution >= 4 is 0 Å². The zero-order chi connectivity index (χ0) is 9.53. The molecule has 0 aromatic heterocycles. The third kappa shape index (κ3) is 1.02. The van der Waals surface area contributed by atoms with Gasteiger partial charge in [-0.25, -0.2) is 0 Å². The standard InChI is InChI=1S/C11H20O2/c1-4-10(3)11(12-5-2)7-6-9(11)8-13-10/h9H,4-8H2,1-3H3/t9-,10-,11+/m1/s1. The zero-order valence-corrected chi connectivity index (χ0v) is 8.93. The molecule has 1 saturated carbocycles. The summed E-state index contributed by atoms with van der Waals surface area (Å²) >= 11 is 0. The Hall–Kier alpha value is -0.0800. The van der Waals surface area contributed by atoms with E-state index < -0.39 is 0 Å². The summed E-state index contributed by atoms with van der Waals surface area (Å²) in [7, 11) is 0. The van der Waals surface area contributed by atoms with Crippen LogP contribution in [0, 0.1) is 5.92 Å². The van der Waals surface area contributed by atoms with Gasteiger partial charge in [-0.1, -0.05) is 6.92 Å². The molecule has 0 radical (unpaired) electrons. The molecule has 2 rings (SSSR count). The highest BCUT2D eigenvalue weighted by atomic mass is 16.6. The van der Waals surface area contributed by atoms with Crippen LogP contribution in [0.5, 0.6) is 0 Å². The third-order valence-electron chi connectivity index (χ3n) is 4.10. The van der Waals surface area contributed by atoms with Gasteiger partial charge in [0.05, 0.1) is 12.2 Å². The maximum Gasteiger partial charge on any atom is 0.102 e. The number of fused-ring (bicyclic) bond motifs is 1. The van der Waals surface area contributed by atoms with E-state index in [0.29, 0.717) is 5.92 Å². The predicted molar refractivity (Wildman–Crippen MR) is 51.7 cm³/mol. The smallest absolute Gasteiger partial charge is 0.102 e. The molecular weight excluding hydrogens is 164 g/mol. The van der Waals surface area contributed by atoms with Crippen molar-refractivity contribution in [3.63, 3.8) is 0 Å². The third-order valence-corrected chi connectivity index (χ3v) is 4.10. The van der Waals surface area contributed by atoms with Gasteiger partial charge in [-0.05, 0) is 33.1 Å². The van der Waals surface area contributed by atoms with Gasteiger partial charge in [0.25, 0.3) is 0 Å². The van der Waals surface area contributed by atoms with Crippen LogP contribution in [-0.4, -0.2) is 24.4 Å². The molecule has 2 fully saturated rings. The molecule has 2 aliphatic rings. The molecule has 1 saturated heterocycles. The molecule has 1 aliphatic carbocycles. The fourth-order valence-electron chi connectivity index (χ4n) is 2.93. The van der Waals surface area contributed by atoms with Crippen LogP contribution in [0.2, 0.25) is 0 Å². The van der Waals surface area contributed by atoms with E-state index in [2.05, 4.69) is 20.8 Å². The Morgan fingerprint density at radius 3 is 2.69 bits per heavy atom. The zero-order valence-electron chi connectivity index (χ0n) is 8.93. The topological polar surface area (TPSA) is 18.5 Å². The van der Waals surface area contributed by atoms with Crippen LogP contribution in [0.15, 0.2) is 0 Å². The minimum atomic E-state index is -0.0219. The predicted octanol–water partition coefficient (Wildman–Crippen LogP) is 2.37. The van der Waals surface area contributed by atoms with E-state index in [1.807, 2.05) is 0 Å². The van der Waals surface area contributed by atoms with E-state index in [9.17, 15) is 0 Å². The van der Waals surface area contributed by atoms with Crippen molar-refractivity contribution in [2.75, 3.05) is 13.2 Å². The molecule has 0 aromatic carbocycles. The number of ether oxygens (including phenoxy) is 2. The van der Waals surface area contributed by atoms with Crippen molar-refractivity contribution < 1.29 is 9.47 Å². The molecule has 3 atom stereocenters. The fraction of sp³-hybridized carbons (Fsp3) is 1.00. The Kier molecular flexibility index (Phi) is 2.16. The van der Waals surface area contributed by atoms with Gasteiger partial charge in [0.2, 0.25) is 0 Å². The highest BCUT2D eigenvalue weighted by molar-refractivity contribution is 5.13. The quantitative estimate of drug-likeness (QED) is 0.670. The minimum absolute atomic E-state index is 0.0219. The van der Waals surface area contributed by atoms with Crippen LogP contribution in [-0.2, 0) is 9.47 Å². The maximum absolute atomic E-state index is 5.97. The molecule has 0 bridgehead atoms. The van der Waals surface area contributed by atoms with Crippen LogP contribution in [0.25, 0.3) is 0 Å². The van der Waals surface area contributed by atoms with Gasteiger partial charge in [-0.3, -0.25) is 0 Å². The van der Waals surface area contributed by atoms with Gasteiger partial charge >= 0.3 is 0 Å². The summed E-state index contributed by atoms with van der Waals surface area (Å²) in [5.41, 5.74) is 0.0441. The molecule has 0 N–H and O–H groups in total. The lowest BCUT2D eigenvalue weighted by Crippen LogP contribution is -2.59.